The standard InChI is InChI=1S/C23H24ClN7O5S3/c24-19-16(29-23(25)39-19)17(30-36)20(32)28-15-12-3-4-14(18(22(34)35)31(12)21(15)33)38-13-2-1-6-27-11(13)9-37-10-5-7-26-8-10/h1-2,6,10,12,15,26,36H,3-5,7-9H2,(H2,25,29)(H,28,32)(H,34,35)/b30-17-. The number of halogens is 1. The number of carboxylic acids is 1. The van der Waals surface area contributed by atoms with E-state index in [9.17, 15) is 24.7 Å². The van der Waals surface area contributed by atoms with Gasteiger partial charge in [-0.05, 0) is 37.9 Å². The van der Waals surface area contributed by atoms with Gasteiger partial charge in [-0.3, -0.25) is 19.5 Å². The highest BCUT2D eigenvalue weighted by molar-refractivity contribution is 8.03. The van der Waals surface area contributed by atoms with Crippen LogP contribution in [0, 0.1) is 0 Å². The van der Waals surface area contributed by atoms with E-state index in [1.165, 1.54) is 16.7 Å². The lowest BCUT2D eigenvalue weighted by Gasteiger charge is -2.50. The third-order valence-electron chi connectivity index (χ3n) is 6.58. The van der Waals surface area contributed by atoms with Crippen LogP contribution in [0.15, 0.2) is 39.0 Å². The van der Waals surface area contributed by atoms with Crippen LogP contribution in [-0.2, 0) is 20.1 Å². The average Bonchev–Trinajstić information content (AvgIpc) is 3.55. The topological polar surface area (TPSA) is 183 Å². The number of carbonyl (C=O) groups is 3. The van der Waals surface area contributed by atoms with Crippen LogP contribution in [-0.4, -0.2) is 79.1 Å². The van der Waals surface area contributed by atoms with Crippen molar-refractivity contribution in [3.63, 3.8) is 0 Å². The summed E-state index contributed by atoms with van der Waals surface area (Å²) in [4.78, 5) is 49.3. The molecule has 16 heteroatoms. The van der Waals surface area contributed by atoms with Crippen LogP contribution in [0.5, 0.6) is 0 Å². The SMILES string of the molecule is Nc1nc(/C(=N/O)C(=O)NC2C(=O)N3C(C(=O)O)=C(Sc4cccnc4CSC4CCNC4)CCC23)c(Cl)s1. The maximum Gasteiger partial charge on any atom is 0.353 e. The summed E-state index contributed by atoms with van der Waals surface area (Å²) in [5, 5.41) is 28.9. The Kier molecular flexibility index (Phi) is 8.32. The Morgan fingerprint density at radius 2 is 2.21 bits per heavy atom. The maximum absolute atomic E-state index is 13.1. The van der Waals surface area contributed by atoms with Crippen molar-refractivity contribution in [3.05, 3.63) is 44.7 Å². The molecule has 12 nitrogen and oxygen atoms in total. The van der Waals surface area contributed by atoms with Gasteiger partial charge in [0.15, 0.2) is 10.8 Å². The Labute approximate surface area is 240 Å². The number of allylic oxidation sites excluding steroid dienone is 1. The summed E-state index contributed by atoms with van der Waals surface area (Å²) in [5.41, 5.74) is 5.79. The number of nitrogens with zero attached hydrogens (tertiary/aromatic N) is 4. The van der Waals surface area contributed by atoms with Gasteiger partial charge in [0.2, 0.25) is 0 Å². The summed E-state index contributed by atoms with van der Waals surface area (Å²) in [7, 11) is 0. The van der Waals surface area contributed by atoms with Gasteiger partial charge in [0.05, 0.1) is 11.7 Å². The molecule has 5 rings (SSSR count). The monoisotopic (exact) mass is 609 g/mol. The molecule has 0 spiro atoms. The van der Waals surface area contributed by atoms with Gasteiger partial charge >= 0.3 is 5.97 Å². The molecule has 0 aromatic carbocycles. The number of anilines is 1. The summed E-state index contributed by atoms with van der Waals surface area (Å²) in [6, 6.07) is 2.16. The number of nitrogens with one attached hydrogen (secondary N) is 2. The van der Waals surface area contributed by atoms with E-state index in [2.05, 4.69) is 25.8 Å². The maximum atomic E-state index is 13.1. The lowest BCUT2D eigenvalue weighted by Crippen LogP contribution is -2.72. The summed E-state index contributed by atoms with van der Waals surface area (Å²) in [6.07, 6.45) is 3.65. The molecule has 3 aliphatic rings. The van der Waals surface area contributed by atoms with Crippen molar-refractivity contribution < 1.29 is 24.7 Å². The molecular formula is C23H24ClN7O5S3. The molecule has 3 atom stereocenters. The number of aromatic nitrogens is 2. The van der Waals surface area contributed by atoms with E-state index >= 15 is 0 Å². The van der Waals surface area contributed by atoms with Gasteiger partial charge in [-0.1, -0.05) is 39.9 Å². The Hall–Kier alpha value is -2.85. The van der Waals surface area contributed by atoms with E-state index in [0.29, 0.717) is 28.7 Å². The summed E-state index contributed by atoms with van der Waals surface area (Å²) in [6.45, 7) is 1.96. The number of carbonyl (C=O) groups excluding carboxylic acids is 2. The highest BCUT2D eigenvalue weighted by Gasteiger charge is 2.54. The Bertz CT molecular complexity index is 1380. The molecule has 5 heterocycles. The number of nitrogen functional groups attached to an aromatic ring is 1. The highest BCUT2D eigenvalue weighted by atomic mass is 35.5. The Balaban J connectivity index is 1.31. The first kappa shape index (κ1) is 27.7. The molecule has 0 bridgehead atoms. The van der Waals surface area contributed by atoms with Gasteiger partial charge < -0.3 is 26.7 Å². The first-order valence-corrected chi connectivity index (χ1v) is 15.0. The van der Waals surface area contributed by atoms with Crippen molar-refractivity contribution in [3.8, 4) is 0 Å². The van der Waals surface area contributed by atoms with E-state index < -0.39 is 35.6 Å². The fourth-order valence-corrected chi connectivity index (χ4v) is 8.05. The molecule has 2 fully saturated rings. The normalized spacial score (nSPS) is 23.0. The fraction of sp³-hybridized carbons (Fsp3) is 0.391. The van der Waals surface area contributed by atoms with E-state index in [-0.39, 0.29) is 20.9 Å². The van der Waals surface area contributed by atoms with Gasteiger partial charge in [-0.25, -0.2) is 9.78 Å². The van der Waals surface area contributed by atoms with E-state index in [1.54, 1.807) is 6.20 Å². The van der Waals surface area contributed by atoms with Crippen molar-refractivity contribution in [1.82, 2.24) is 25.5 Å². The van der Waals surface area contributed by atoms with Crippen LogP contribution in [0.2, 0.25) is 4.34 Å². The predicted octanol–water partition coefficient (Wildman–Crippen LogP) is 2.13. The largest absolute Gasteiger partial charge is 0.477 e. The predicted molar refractivity (Wildman–Crippen MR) is 149 cm³/mol. The molecule has 0 aliphatic carbocycles. The number of thioether (sulfide) groups is 2. The second-order valence-electron chi connectivity index (χ2n) is 8.94. The second-order valence-corrected chi connectivity index (χ2v) is 13.0. The molecule has 2 aromatic rings. The summed E-state index contributed by atoms with van der Waals surface area (Å²) >= 11 is 10.1. The number of β-lactam (4-membered cyclic amide) rings is 1. The Morgan fingerprint density at radius 3 is 2.87 bits per heavy atom. The second kappa shape index (κ2) is 11.7. The zero-order valence-electron chi connectivity index (χ0n) is 20.3. The minimum Gasteiger partial charge on any atom is -0.477 e. The van der Waals surface area contributed by atoms with Crippen molar-refractivity contribution in [2.75, 3.05) is 18.8 Å². The zero-order chi connectivity index (χ0) is 27.7. The minimum absolute atomic E-state index is 0.0560. The Morgan fingerprint density at radius 1 is 1.38 bits per heavy atom. The smallest absolute Gasteiger partial charge is 0.353 e. The summed E-state index contributed by atoms with van der Waals surface area (Å²) in [5.74, 6) is -1.97. The lowest BCUT2D eigenvalue weighted by molar-refractivity contribution is -0.155. The van der Waals surface area contributed by atoms with Crippen LogP contribution >= 0.6 is 46.5 Å². The number of fused-ring (bicyclic) bond motifs is 1. The number of amides is 2. The van der Waals surface area contributed by atoms with Gasteiger partial charge in [0.25, 0.3) is 11.8 Å². The number of thiazole rings is 1. The fourth-order valence-electron chi connectivity index (χ4n) is 4.73. The quantitative estimate of drug-likeness (QED) is 0.121. The highest BCUT2D eigenvalue weighted by Crippen LogP contribution is 2.44. The zero-order valence-corrected chi connectivity index (χ0v) is 23.5. The molecule has 2 saturated heterocycles. The number of carboxylic acid groups (broad SMARTS) is 1. The van der Waals surface area contributed by atoms with Crippen molar-refractivity contribution in [2.45, 2.75) is 47.2 Å². The van der Waals surface area contributed by atoms with Crippen molar-refractivity contribution in [1.29, 1.82) is 0 Å². The first-order valence-electron chi connectivity index (χ1n) is 12.0. The van der Waals surface area contributed by atoms with Gasteiger partial charge in [-0.2, -0.15) is 11.8 Å². The molecule has 2 amide bonds. The number of oxime groups is 1. The number of aliphatic carboxylic acids is 1. The minimum atomic E-state index is -1.22. The summed E-state index contributed by atoms with van der Waals surface area (Å²) < 4.78 is 0.0560. The van der Waals surface area contributed by atoms with E-state index in [4.69, 9.17) is 17.3 Å². The molecule has 206 valence electrons. The van der Waals surface area contributed by atoms with Gasteiger partial charge in [0, 0.05) is 33.5 Å². The lowest BCUT2D eigenvalue weighted by atomic mass is 9.86. The third-order valence-corrected chi connectivity index (χ3v) is 10.2. The average molecular weight is 610 g/mol. The van der Waals surface area contributed by atoms with E-state index in [0.717, 1.165) is 41.4 Å². The van der Waals surface area contributed by atoms with Crippen LogP contribution in [0.4, 0.5) is 5.13 Å². The van der Waals surface area contributed by atoms with Crippen molar-refractivity contribution in [2.24, 2.45) is 5.16 Å². The van der Waals surface area contributed by atoms with Crippen molar-refractivity contribution >= 4 is 75.1 Å². The molecule has 39 heavy (non-hydrogen) atoms. The molecule has 6 N–H and O–H groups in total. The third kappa shape index (κ3) is 5.59. The number of pyridine rings is 1. The molecule has 0 radical (unpaired) electrons. The molecule has 2 aromatic heterocycles. The van der Waals surface area contributed by atoms with E-state index in [1.807, 2.05) is 23.9 Å². The van der Waals surface area contributed by atoms with Gasteiger partial charge in [-0.15, -0.1) is 0 Å². The van der Waals surface area contributed by atoms with Crippen LogP contribution in [0.3, 0.4) is 0 Å². The molecule has 3 unspecified atom stereocenters. The van der Waals surface area contributed by atoms with Crippen LogP contribution < -0.4 is 16.4 Å². The van der Waals surface area contributed by atoms with Gasteiger partial charge in [0.1, 0.15) is 21.8 Å². The number of hydrogen-bond acceptors (Lipinski definition) is 12. The molecular weight excluding hydrogens is 586 g/mol. The number of rotatable bonds is 9. The van der Waals surface area contributed by atoms with Crippen LogP contribution in [0.1, 0.15) is 30.7 Å². The van der Waals surface area contributed by atoms with Crippen LogP contribution in [0.25, 0.3) is 0 Å². The molecule has 3 aliphatic heterocycles. The first-order chi connectivity index (χ1) is 18.8. The number of nitrogens with two attached hydrogens (primary N) is 1. The molecule has 0 saturated carbocycles. The number of hydrogen-bond donors (Lipinski definition) is 5.